The van der Waals surface area contributed by atoms with Gasteiger partial charge in [0.25, 0.3) is 0 Å². The molecule has 0 bridgehead atoms. The average Bonchev–Trinajstić information content (AvgIpc) is 2.80. The number of amides is 2. The first-order valence-electron chi connectivity index (χ1n) is 6.84. The van der Waals surface area contributed by atoms with Gasteiger partial charge in [0.15, 0.2) is 5.13 Å². The molecule has 2 N–H and O–H groups in total. The molecule has 2 amide bonds. The molecule has 1 aliphatic carbocycles. The molecule has 1 atom stereocenters. The summed E-state index contributed by atoms with van der Waals surface area (Å²) < 4.78 is 5.07. The third kappa shape index (κ3) is 3.47. The lowest BCUT2D eigenvalue weighted by atomic mass is 9.91. The third-order valence-corrected chi connectivity index (χ3v) is 4.15. The topological polar surface area (TPSA) is 80.3 Å². The minimum Gasteiger partial charge on any atom is -0.466 e. The van der Waals surface area contributed by atoms with Crippen LogP contribution >= 0.6 is 11.3 Å². The Balaban J connectivity index is 2.00. The van der Waals surface area contributed by atoms with Gasteiger partial charge in [-0.05, 0) is 33.1 Å². The molecule has 110 valence electrons. The third-order valence-electron chi connectivity index (χ3n) is 3.12. The van der Waals surface area contributed by atoms with Gasteiger partial charge in [-0.25, -0.2) is 9.78 Å². The summed E-state index contributed by atoms with van der Waals surface area (Å²) in [5, 5.41) is 5.96. The number of anilines is 1. The van der Waals surface area contributed by atoms with Gasteiger partial charge in [-0.1, -0.05) is 0 Å². The number of hydrogen-bond acceptors (Lipinski definition) is 5. The van der Waals surface area contributed by atoms with Crippen molar-refractivity contribution in [1.29, 1.82) is 0 Å². The number of carbonyl (C=O) groups excluding carboxylic acids is 2. The molecule has 0 aromatic carbocycles. The number of aromatic nitrogens is 1. The van der Waals surface area contributed by atoms with Crippen LogP contribution < -0.4 is 10.6 Å². The van der Waals surface area contributed by atoms with Gasteiger partial charge in [0, 0.05) is 11.4 Å². The largest absolute Gasteiger partial charge is 0.466 e. The standard InChI is InChI=1S/C13H19N3O3S/c1-3-14-12(18)16-13-15-9-6-5-8(7-10(9)20-13)11(17)19-4-2/h8H,3-7H2,1-2H3,(H2,14,15,16,18). The zero-order chi connectivity index (χ0) is 14.5. The van der Waals surface area contributed by atoms with E-state index in [1.807, 2.05) is 13.8 Å². The van der Waals surface area contributed by atoms with Crippen LogP contribution in [0.2, 0.25) is 0 Å². The number of aryl methyl sites for hydroxylation is 1. The molecule has 6 nitrogen and oxygen atoms in total. The maximum Gasteiger partial charge on any atom is 0.321 e. The number of urea groups is 1. The fraction of sp³-hybridized carbons (Fsp3) is 0.615. The minimum atomic E-state index is -0.250. The first-order chi connectivity index (χ1) is 9.63. The second-order valence-corrected chi connectivity index (χ2v) is 5.65. The van der Waals surface area contributed by atoms with Gasteiger partial charge in [0.05, 0.1) is 18.2 Å². The van der Waals surface area contributed by atoms with Gasteiger partial charge < -0.3 is 10.1 Å². The predicted molar refractivity (Wildman–Crippen MR) is 77.0 cm³/mol. The number of hydrogen-bond donors (Lipinski definition) is 2. The highest BCUT2D eigenvalue weighted by molar-refractivity contribution is 7.15. The Hall–Kier alpha value is -1.63. The summed E-state index contributed by atoms with van der Waals surface area (Å²) >= 11 is 1.44. The van der Waals surface area contributed by atoms with E-state index >= 15 is 0 Å². The molecule has 1 heterocycles. The molecular weight excluding hydrogens is 278 g/mol. The Kier molecular flexibility index (Phi) is 4.94. The normalized spacial score (nSPS) is 17.2. The van der Waals surface area contributed by atoms with E-state index in [0.717, 1.165) is 23.4 Å². The van der Waals surface area contributed by atoms with Gasteiger partial charge in [0.2, 0.25) is 0 Å². The van der Waals surface area contributed by atoms with Gasteiger partial charge in [0.1, 0.15) is 0 Å². The first kappa shape index (κ1) is 14.8. The highest BCUT2D eigenvalue weighted by atomic mass is 32.1. The Bertz CT molecular complexity index is 501. The lowest BCUT2D eigenvalue weighted by molar-refractivity contribution is -0.148. The molecular formula is C13H19N3O3S. The van der Waals surface area contributed by atoms with Crippen molar-refractivity contribution >= 4 is 28.5 Å². The zero-order valence-corrected chi connectivity index (χ0v) is 12.5. The van der Waals surface area contributed by atoms with Crippen molar-refractivity contribution in [2.45, 2.75) is 33.1 Å². The fourth-order valence-electron chi connectivity index (χ4n) is 2.19. The zero-order valence-electron chi connectivity index (χ0n) is 11.7. The second-order valence-electron chi connectivity index (χ2n) is 4.57. The Morgan fingerprint density at radius 2 is 2.25 bits per heavy atom. The van der Waals surface area contributed by atoms with Crippen LogP contribution in [0.15, 0.2) is 0 Å². The molecule has 7 heteroatoms. The molecule has 1 aromatic rings. The van der Waals surface area contributed by atoms with Gasteiger partial charge in [-0.3, -0.25) is 10.1 Å². The molecule has 0 spiro atoms. The predicted octanol–water partition coefficient (Wildman–Crippen LogP) is 1.95. The Morgan fingerprint density at radius 3 is 2.95 bits per heavy atom. The van der Waals surface area contributed by atoms with Crippen molar-refractivity contribution in [3.8, 4) is 0 Å². The van der Waals surface area contributed by atoms with E-state index in [9.17, 15) is 9.59 Å². The molecule has 1 aliphatic rings. The molecule has 0 saturated heterocycles. The van der Waals surface area contributed by atoms with Gasteiger partial charge in [-0.2, -0.15) is 0 Å². The number of nitrogens with one attached hydrogen (secondary N) is 2. The summed E-state index contributed by atoms with van der Waals surface area (Å²) in [6, 6.07) is -0.250. The summed E-state index contributed by atoms with van der Waals surface area (Å²) in [7, 11) is 0. The van der Waals surface area contributed by atoms with Gasteiger partial charge >= 0.3 is 12.0 Å². The molecule has 1 aromatic heterocycles. The van der Waals surface area contributed by atoms with E-state index < -0.39 is 0 Å². The minimum absolute atomic E-state index is 0.0831. The van der Waals surface area contributed by atoms with Crippen molar-refractivity contribution in [3.05, 3.63) is 10.6 Å². The Labute approximate surface area is 121 Å². The molecule has 20 heavy (non-hydrogen) atoms. The smallest absolute Gasteiger partial charge is 0.321 e. The number of carbonyl (C=O) groups is 2. The molecule has 0 saturated carbocycles. The number of nitrogens with zero attached hydrogens (tertiary/aromatic N) is 1. The summed E-state index contributed by atoms with van der Waals surface area (Å²) in [6.07, 6.45) is 2.17. The SMILES string of the molecule is CCNC(=O)Nc1nc2c(s1)CC(C(=O)OCC)CC2. The maximum atomic E-state index is 11.8. The van der Waals surface area contributed by atoms with Crippen molar-refractivity contribution in [3.63, 3.8) is 0 Å². The fourth-order valence-corrected chi connectivity index (χ4v) is 3.27. The number of fused-ring (bicyclic) bond motifs is 1. The number of rotatable bonds is 4. The number of ether oxygens (including phenoxy) is 1. The van der Waals surface area contributed by atoms with Crippen molar-refractivity contribution in [2.75, 3.05) is 18.5 Å². The monoisotopic (exact) mass is 297 g/mol. The summed E-state index contributed by atoms with van der Waals surface area (Å²) in [5.74, 6) is -0.218. The lowest BCUT2D eigenvalue weighted by Crippen LogP contribution is -2.28. The van der Waals surface area contributed by atoms with Crippen molar-refractivity contribution < 1.29 is 14.3 Å². The van der Waals surface area contributed by atoms with E-state index in [-0.39, 0.29) is 17.9 Å². The van der Waals surface area contributed by atoms with Gasteiger partial charge in [-0.15, -0.1) is 11.3 Å². The van der Waals surface area contributed by atoms with Crippen LogP contribution in [-0.4, -0.2) is 30.1 Å². The van der Waals surface area contributed by atoms with E-state index in [4.69, 9.17) is 4.74 Å². The molecule has 0 aliphatic heterocycles. The highest BCUT2D eigenvalue weighted by Gasteiger charge is 2.28. The number of thiazole rings is 1. The first-order valence-corrected chi connectivity index (χ1v) is 7.65. The van der Waals surface area contributed by atoms with E-state index in [0.29, 0.717) is 24.7 Å². The van der Waals surface area contributed by atoms with E-state index in [1.165, 1.54) is 11.3 Å². The summed E-state index contributed by atoms with van der Waals surface area (Å²) in [6.45, 7) is 4.65. The van der Waals surface area contributed by atoms with Crippen LogP contribution in [0.3, 0.4) is 0 Å². The van der Waals surface area contributed by atoms with Crippen molar-refractivity contribution in [2.24, 2.45) is 5.92 Å². The van der Waals surface area contributed by atoms with E-state index in [1.54, 1.807) is 0 Å². The molecule has 0 fully saturated rings. The second kappa shape index (κ2) is 6.69. The maximum absolute atomic E-state index is 11.8. The summed E-state index contributed by atoms with van der Waals surface area (Å²) in [5.41, 5.74) is 0.988. The quantitative estimate of drug-likeness (QED) is 0.832. The average molecular weight is 297 g/mol. The number of esters is 1. The molecule has 1 unspecified atom stereocenters. The Morgan fingerprint density at radius 1 is 1.45 bits per heavy atom. The van der Waals surface area contributed by atoms with Crippen LogP contribution in [0, 0.1) is 5.92 Å². The molecule has 0 radical (unpaired) electrons. The van der Waals surface area contributed by atoms with Crippen molar-refractivity contribution in [1.82, 2.24) is 10.3 Å². The van der Waals surface area contributed by atoms with Crippen LogP contribution in [0.1, 0.15) is 30.8 Å². The lowest BCUT2D eigenvalue weighted by Gasteiger charge is -2.18. The van der Waals surface area contributed by atoms with Crippen LogP contribution in [0.5, 0.6) is 0 Å². The van der Waals surface area contributed by atoms with Crippen LogP contribution in [-0.2, 0) is 22.4 Å². The molecule has 2 rings (SSSR count). The highest BCUT2D eigenvalue weighted by Crippen LogP contribution is 2.32. The summed E-state index contributed by atoms with van der Waals surface area (Å²) in [4.78, 5) is 28.7. The van der Waals surface area contributed by atoms with E-state index in [2.05, 4.69) is 15.6 Å². The van der Waals surface area contributed by atoms with Crippen LogP contribution in [0.4, 0.5) is 9.93 Å². The van der Waals surface area contributed by atoms with Crippen LogP contribution in [0.25, 0.3) is 0 Å².